The van der Waals surface area contributed by atoms with Gasteiger partial charge in [-0.2, -0.15) is 0 Å². The zero-order valence-electron chi connectivity index (χ0n) is 7.40. The molecule has 0 bridgehead atoms. The Balaban J connectivity index is 2.25. The molecule has 60 valence electrons. The molecular formula is C10H20. The van der Waals surface area contributed by atoms with Crippen molar-refractivity contribution in [3.05, 3.63) is 0 Å². The van der Waals surface area contributed by atoms with Crippen LogP contribution in [0.4, 0.5) is 0 Å². The van der Waals surface area contributed by atoms with Crippen molar-refractivity contribution in [1.29, 1.82) is 0 Å². The summed E-state index contributed by atoms with van der Waals surface area (Å²) in [6.45, 7) is 4.67. The van der Waals surface area contributed by atoms with E-state index in [1.165, 1.54) is 38.5 Å². The van der Waals surface area contributed by atoms with Crippen LogP contribution < -0.4 is 0 Å². The van der Waals surface area contributed by atoms with Gasteiger partial charge in [-0.3, -0.25) is 0 Å². The molecule has 2 atom stereocenters. The van der Waals surface area contributed by atoms with Crippen LogP contribution in [0.3, 0.4) is 0 Å². The van der Waals surface area contributed by atoms with Crippen molar-refractivity contribution < 1.29 is 0 Å². The Bertz CT molecular complexity index is 76.0. The van der Waals surface area contributed by atoms with Crippen molar-refractivity contribution in [3.63, 3.8) is 0 Å². The minimum absolute atomic E-state index is 1.07. The Morgan fingerprint density at radius 3 is 1.90 bits per heavy atom. The fraction of sp³-hybridized carbons (Fsp3) is 1.00. The van der Waals surface area contributed by atoms with Crippen molar-refractivity contribution in [2.75, 3.05) is 0 Å². The second kappa shape index (κ2) is 4.00. The summed E-state index contributed by atoms with van der Waals surface area (Å²) < 4.78 is 0. The highest BCUT2D eigenvalue weighted by Crippen LogP contribution is 2.32. The summed E-state index contributed by atoms with van der Waals surface area (Å²) in [5, 5.41) is 0. The predicted molar refractivity (Wildman–Crippen MR) is 46.0 cm³/mol. The molecule has 0 heterocycles. The number of rotatable bonds is 2. The second-order valence-electron chi connectivity index (χ2n) is 3.72. The van der Waals surface area contributed by atoms with Gasteiger partial charge in [-0.1, -0.05) is 46.0 Å². The van der Waals surface area contributed by atoms with E-state index in [9.17, 15) is 0 Å². The van der Waals surface area contributed by atoms with Crippen molar-refractivity contribution in [2.24, 2.45) is 11.8 Å². The number of hydrogen-bond donors (Lipinski definition) is 0. The standard InChI is InChI=1S/C10H20/c1-3-9-6-5-7-10(4-2)8-9/h9-10H,3-8H2,1-2H3/t9-,10+. The van der Waals surface area contributed by atoms with Crippen LogP contribution in [0.15, 0.2) is 0 Å². The van der Waals surface area contributed by atoms with Gasteiger partial charge in [-0.25, -0.2) is 0 Å². The molecule has 1 aliphatic rings. The lowest BCUT2D eigenvalue weighted by atomic mass is 9.79. The van der Waals surface area contributed by atoms with Crippen LogP contribution in [-0.4, -0.2) is 0 Å². The highest BCUT2D eigenvalue weighted by Gasteiger charge is 2.18. The van der Waals surface area contributed by atoms with Gasteiger partial charge in [0.1, 0.15) is 0 Å². The van der Waals surface area contributed by atoms with E-state index in [0.717, 1.165) is 11.8 Å². The summed E-state index contributed by atoms with van der Waals surface area (Å²) >= 11 is 0. The van der Waals surface area contributed by atoms with E-state index in [2.05, 4.69) is 13.8 Å². The molecule has 0 radical (unpaired) electrons. The zero-order chi connectivity index (χ0) is 7.40. The molecule has 0 aromatic carbocycles. The maximum atomic E-state index is 2.34. The SMILES string of the molecule is CC[C@@H]1CCC[C@H](CC)C1. The normalized spacial score (nSPS) is 34.2. The summed E-state index contributed by atoms with van der Waals surface area (Å²) in [4.78, 5) is 0. The molecule has 1 saturated carbocycles. The van der Waals surface area contributed by atoms with E-state index < -0.39 is 0 Å². The van der Waals surface area contributed by atoms with Crippen molar-refractivity contribution >= 4 is 0 Å². The third kappa shape index (κ3) is 2.00. The first kappa shape index (κ1) is 8.10. The third-order valence-electron chi connectivity index (χ3n) is 3.05. The molecule has 0 unspecified atom stereocenters. The third-order valence-corrected chi connectivity index (χ3v) is 3.05. The first-order valence-electron chi connectivity index (χ1n) is 4.86. The van der Waals surface area contributed by atoms with Crippen LogP contribution >= 0.6 is 0 Å². The molecule has 1 rings (SSSR count). The van der Waals surface area contributed by atoms with Crippen molar-refractivity contribution in [2.45, 2.75) is 52.4 Å². The van der Waals surface area contributed by atoms with Crippen LogP contribution in [0.1, 0.15) is 52.4 Å². The minimum Gasteiger partial charge on any atom is -0.0651 e. The van der Waals surface area contributed by atoms with Gasteiger partial charge in [0.15, 0.2) is 0 Å². The molecule has 0 spiro atoms. The van der Waals surface area contributed by atoms with E-state index in [1.54, 1.807) is 0 Å². The molecule has 0 aliphatic heterocycles. The fourth-order valence-electron chi connectivity index (χ4n) is 2.14. The molecule has 0 heteroatoms. The Kier molecular flexibility index (Phi) is 3.24. The number of hydrogen-bond acceptors (Lipinski definition) is 0. The van der Waals surface area contributed by atoms with Gasteiger partial charge >= 0.3 is 0 Å². The second-order valence-corrected chi connectivity index (χ2v) is 3.72. The fourth-order valence-corrected chi connectivity index (χ4v) is 2.14. The lowest BCUT2D eigenvalue weighted by Crippen LogP contribution is -2.13. The quantitative estimate of drug-likeness (QED) is 0.549. The van der Waals surface area contributed by atoms with Gasteiger partial charge in [0.2, 0.25) is 0 Å². The molecule has 0 aromatic heterocycles. The lowest BCUT2D eigenvalue weighted by molar-refractivity contribution is 0.255. The maximum absolute atomic E-state index is 2.34. The zero-order valence-corrected chi connectivity index (χ0v) is 7.40. The average molecular weight is 140 g/mol. The van der Waals surface area contributed by atoms with E-state index in [1.807, 2.05) is 0 Å². The average Bonchev–Trinajstić information content (AvgIpc) is 2.05. The predicted octanol–water partition coefficient (Wildman–Crippen LogP) is 3.61. The molecule has 1 aliphatic carbocycles. The van der Waals surface area contributed by atoms with Gasteiger partial charge < -0.3 is 0 Å². The first-order chi connectivity index (χ1) is 4.86. The van der Waals surface area contributed by atoms with Gasteiger partial charge in [-0.05, 0) is 18.3 Å². The van der Waals surface area contributed by atoms with E-state index in [4.69, 9.17) is 0 Å². The van der Waals surface area contributed by atoms with Crippen molar-refractivity contribution in [1.82, 2.24) is 0 Å². The van der Waals surface area contributed by atoms with Crippen LogP contribution in [-0.2, 0) is 0 Å². The van der Waals surface area contributed by atoms with Crippen LogP contribution in [0.25, 0.3) is 0 Å². The van der Waals surface area contributed by atoms with E-state index in [0.29, 0.717) is 0 Å². The van der Waals surface area contributed by atoms with E-state index >= 15 is 0 Å². The van der Waals surface area contributed by atoms with Gasteiger partial charge in [-0.15, -0.1) is 0 Å². The molecule has 0 nitrogen and oxygen atoms in total. The summed E-state index contributed by atoms with van der Waals surface area (Å²) in [6, 6.07) is 0. The Morgan fingerprint density at radius 2 is 1.50 bits per heavy atom. The van der Waals surface area contributed by atoms with Crippen LogP contribution in [0, 0.1) is 11.8 Å². The highest BCUT2D eigenvalue weighted by atomic mass is 14.2. The largest absolute Gasteiger partial charge is 0.0651 e. The summed E-state index contributed by atoms with van der Waals surface area (Å²) in [5.74, 6) is 2.14. The van der Waals surface area contributed by atoms with Gasteiger partial charge in [0.05, 0.1) is 0 Å². The van der Waals surface area contributed by atoms with Crippen LogP contribution in [0.5, 0.6) is 0 Å². The topological polar surface area (TPSA) is 0 Å². The maximum Gasteiger partial charge on any atom is -0.0414 e. The van der Waals surface area contributed by atoms with Gasteiger partial charge in [0.25, 0.3) is 0 Å². The summed E-state index contributed by atoms with van der Waals surface area (Å²) in [7, 11) is 0. The molecule has 0 saturated heterocycles. The molecule has 10 heavy (non-hydrogen) atoms. The van der Waals surface area contributed by atoms with E-state index in [-0.39, 0.29) is 0 Å². The monoisotopic (exact) mass is 140 g/mol. The molecule has 0 N–H and O–H groups in total. The Labute approximate surface area is 65.0 Å². The highest BCUT2D eigenvalue weighted by molar-refractivity contribution is 4.70. The molecular weight excluding hydrogens is 120 g/mol. The molecule has 1 fully saturated rings. The molecule has 0 amide bonds. The Hall–Kier alpha value is 0. The van der Waals surface area contributed by atoms with Crippen LogP contribution in [0.2, 0.25) is 0 Å². The summed E-state index contributed by atoms with van der Waals surface area (Å²) in [6.07, 6.45) is 8.86. The lowest BCUT2D eigenvalue weighted by Gasteiger charge is -2.27. The Morgan fingerprint density at radius 1 is 1.00 bits per heavy atom. The van der Waals surface area contributed by atoms with Crippen molar-refractivity contribution in [3.8, 4) is 0 Å². The first-order valence-corrected chi connectivity index (χ1v) is 4.86. The minimum atomic E-state index is 1.07. The smallest absolute Gasteiger partial charge is 0.0414 e. The molecule has 0 aromatic rings. The summed E-state index contributed by atoms with van der Waals surface area (Å²) in [5.41, 5.74) is 0. The van der Waals surface area contributed by atoms with Gasteiger partial charge in [0, 0.05) is 0 Å².